The summed E-state index contributed by atoms with van der Waals surface area (Å²) in [6.45, 7) is 3.05. The van der Waals surface area contributed by atoms with Gasteiger partial charge in [-0.25, -0.2) is 4.39 Å². The van der Waals surface area contributed by atoms with Gasteiger partial charge in [0.05, 0.1) is 0 Å². The summed E-state index contributed by atoms with van der Waals surface area (Å²) in [7, 11) is 0. The van der Waals surface area contributed by atoms with Crippen LogP contribution in [-0.2, 0) is 0 Å². The Morgan fingerprint density at radius 2 is 2.15 bits per heavy atom. The molecule has 0 spiro atoms. The maximum atomic E-state index is 12.6. The summed E-state index contributed by atoms with van der Waals surface area (Å²) >= 11 is 5.79. The third-order valence-electron chi connectivity index (χ3n) is 1.82. The first kappa shape index (κ1) is 10.2. The molecule has 0 bridgehead atoms. The highest BCUT2D eigenvalue weighted by Gasteiger charge is 2.14. The molecule has 0 amide bonds. The molecule has 1 aromatic carbocycles. The highest BCUT2D eigenvalue weighted by atomic mass is 35.5. The summed E-state index contributed by atoms with van der Waals surface area (Å²) in [6.07, 6.45) is -1.47. The zero-order chi connectivity index (χ0) is 10.0. The van der Waals surface area contributed by atoms with Crippen molar-refractivity contribution in [2.75, 3.05) is 0 Å². The Hall–Kier alpha value is -0.890. The predicted molar refractivity (Wildman–Crippen MR) is 51.1 cm³/mol. The second-order valence-electron chi connectivity index (χ2n) is 2.94. The van der Waals surface area contributed by atoms with E-state index in [1.807, 2.05) is 6.92 Å². The number of hydrogen-bond acceptors (Lipinski definition) is 1. The number of carbonyl (C=O) groups is 1. The Bertz CT molecular complexity index is 334. The molecule has 0 aliphatic rings. The van der Waals surface area contributed by atoms with E-state index >= 15 is 0 Å². The van der Waals surface area contributed by atoms with Gasteiger partial charge in [-0.3, -0.25) is 4.79 Å². The third kappa shape index (κ3) is 2.28. The van der Waals surface area contributed by atoms with Crippen molar-refractivity contribution in [3.05, 3.63) is 34.3 Å². The van der Waals surface area contributed by atoms with Crippen LogP contribution >= 0.6 is 11.6 Å². The van der Waals surface area contributed by atoms with Gasteiger partial charge in [0, 0.05) is 10.6 Å². The number of Topliss-reactive ketones (excluding diaryl/α,β-unsaturated/α-hetero) is 1. The molecule has 1 aromatic rings. The topological polar surface area (TPSA) is 17.1 Å². The number of aryl methyl sites for hydroxylation is 1. The molecule has 70 valence electrons. The second kappa shape index (κ2) is 3.88. The third-order valence-corrected chi connectivity index (χ3v) is 2.22. The van der Waals surface area contributed by atoms with E-state index in [0.717, 1.165) is 5.56 Å². The summed E-state index contributed by atoms with van der Waals surface area (Å²) in [4.78, 5) is 11.2. The van der Waals surface area contributed by atoms with Crippen LogP contribution in [-0.4, -0.2) is 12.0 Å². The normalized spacial score (nSPS) is 12.6. The highest BCUT2D eigenvalue weighted by molar-refractivity contribution is 6.31. The van der Waals surface area contributed by atoms with Gasteiger partial charge in [-0.05, 0) is 25.5 Å². The predicted octanol–water partition coefficient (Wildman–Crippen LogP) is 3.19. The van der Waals surface area contributed by atoms with E-state index in [0.29, 0.717) is 10.6 Å². The maximum Gasteiger partial charge on any atom is 0.196 e. The van der Waals surface area contributed by atoms with Crippen molar-refractivity contribution >= 4 is 17.4 Å². The molecule has 1 rings (SSSR count). The first-order chi connectivity index (χ1) is 6.02. The van der Waals surface area contributed by atoms with Gasteiger partial charge in [0.15, 0.2) is 12.0 Å². The number of benzene rings is 1. The van der Waals surface area contributed by atoms with Crippen molar-refractivity contribution in [1.29, 1.82) is 0 Å². The first-order valence-corrected chi connectivity index (χ1v) is 4.34. The Kier molecular flexibility index (Phi) is 3.04. The number of ketones is 1. The van der Waals surface area contributed by atoms with E-state index in [4.69, 9.17) is 11.6 Å². The Morgan fingerprint density at radius 3 is 2.62 bits per heavy atom. The van der Waals surface area contributed by atoms with Gasteiger partial charge in [0.25, 0.3) is 0 Å². The lowest BCUT2D eigenvalue weighted by atomic mass is 10.1. The van der Waals surface area contributed by atoms with Gasteiger partial charge in [-0.2, -0.15) is 0 Å². The molecule has 0 heterocycles. The smallest absolute Gasteiger partial charge is 0.196 e. The average molecular weight is 201 g/mol. The van der Waals surface area contributed by atoms with E-state index in [-0.39, 0.29) is 0 Å². The number of halogens is 2. The molecule has 0 aliphatic heterocycles. The Morgan fingerprint density at radius 1 is 1.54 bits per heavy atom. The zero-order valence-electron chi connectivity index (χ0n) is 7.47. The van der Waals surface area contributed by atoms with E-state index in [1.54, 1.807) is 12.1 Å². The quantitative estimate of drug-likeness (QED) is 0.671. The lowest BCUT2D eigenvalue weighted by Gasteiger charge is -2.03. The molecule has 1 atom stereocenters. The van der Waals surface area contributed by atoms with E-state index in [9.17, 15) is 9.18 Å². The van der Waals surface area contributed by atoms with Crippen LogP contribution in [0.4, 0.5) is 4.39 Å². The van der Waals surface area contributed by atoms with E-state index in [2.05, 4.69) is 0 Å². The first-order valence-electron chi connectivity index (χ1n) is 3.97. The fourth-order valence-corrected chi connectivity index (χ4v) is 1.16. The van der Waals surface area contributed by atoms with Gasteiger partial charge in [-0.1, -0.05) is 23.7 Å². The summed E-state index contributed by atoms with van der Waals surface area (Å²) in [6, 6.07) is 4.78. The second-order valence-corrected chi connectivity index (χ2v) is 3.35. The van der Waals surface area contributed by atoms with Gasteiger partial charge >= 0.3 is 0 Å². The minimum absolute atomic E-state index is 0.325. The van der Waals surface area contributed by atoms with Crippen molar-refractivity contribution in [2.45, 2.75) is 20.0 Å². The molecular formula is C10H10ClFO. The molecule has 0 N–H and O–H groups in total. The van der Waals surface area contributed by atoms with Crippen molar-refractivity contribution in [3.63, 3.8) is 0 Å². The number of hydrogen-bond donors (Lipinski definition) is 0. The van der Waals surface area contributed by atoms with Crippen LogP contribution in [0, 0.1) is 6.92 Å². The van der Waals surface area contributed by atoms with E-state index < -0.39 is 12.0 Å². The minimum Gasteiger partial charge on any atom is -0.291 e. The van der Waals surface area contributed by atoms with Crippen LogP contribution in [0.25, 0.3) is 0 Å². The highest BCUT2D eigenvalue weighted by Crippen LogP contribution is 2.18. The fraction of sp³-hybridized carbons (Fsp3) is 0.300. The SMILES string of the molecule is Cc1ccc(C(=O)C(C)F)cc1Cl. The van der Waals surface area contributed by atoms with Gasteiger partial charge in [-0.15, -0.1) is 0 Å². The Balaban J connectivity index is 3.04. The van der Waals surface area contributed by atoms with Crippen LogP contribution in [0.2, 0.25) is 5.02 Å². The molecule has 0 saturated heterocycles. The lowest BCUT2D eigenvalue weighted by molar-refractivity contribution is 0.0893. The fourth-order valence-electron chi connectivity index (χ4n) is 0.976. The monoisotopic (exact) mass is 200 g/mol. The minimum atomic E-state index is -1.47. The van der Waals surface area contributed by atoms with Crippen molar-refractivity contribution in [2.24, 2.45) is 0 Å². The maximum absolute atomic E-state index is 12.6. The number of carbonyl (C=O) groups excluding carboxylic acids is 1. The van der Waals surface area contributed by atoms with Crippen LogP contribution in [0.3, 0.4) is 0 Å². The number of rotatable bonds is 2. The molecule has 0 radical (unpaired) electrons. The van der Waals surface area contributed by atoms with Crippen LogP contribution in [0.1, 0.15) is 22.8 Å². The molecule has 0 aliphatic carbocycles. The molecule has 0 aromatic heterocycles. The molecule has 13 heavy (non-hydrogen) atoms. The van der Waals surface area contributed by atoms with Crippen LogP contribution < -0.4 is 0 Å². The van der Waals surface area contributed by atoms with Crippen LogP contribution in [0.15, 0.2) is 18.2 Å². The molecular weight excluding hydrogens is 191 g/mol. The summed E-state index contributed by atoms with van der Waals surface area (Å²) in [5, 5.41) is 0.492. The average Bonchev–Trinajstić information content (AvgIpc) is 2.08. The standard InChI is InChI=1S/C10H10ClFO/c1-6-3-4-8(5-9(6)11)10(13)7(2)12/h3-5,7H,1-2H3. The molecule has 1 nitrogen and oxygen atoms in total. The Labute approximate surface area is 81.5 Å². The van der Waals surface area contributed by atoms with Crippen molar-refractivity contribution in [3.8, 4) is 0 Å². The molecule has 3 heteroatoms. The van der Waals surface area contributed by atoms with E-state index in [1.165, 1.54) is 13.0 Å². The molecule has 0 fully saturated rings. The van der Waals surface area contributed by atoms with Crippen LogP contribution in [0.5, 0.6) is 0 Å². The number of alkyl halides is 1. The summed E-state index contributed by atoms with van der Waals surface area (Å²) < 4.78 is 12.6. The van der Waals surface area contributed by atoms with Gasteiger partial charge in [0.1, 0.15) is 0 Å². The van der Waals surface area contributed by atoms with Gasteiger partial charge < -0.3 is 0 Å². The largest absolute Gasteiger partial charge is 0.291 e. The molecule has 1 unspecified atom stereocenters. The van der Waals surface area contributed by atoms with Crippen molar-refractivity contribution in [1.82, 2.24) is 0 Å². The zero-order valence-corrected chi connectivity index (χ0v) is 8.23. The lowest BCUT2D eigenvalue weighted by Crippen LogP contribution is -2.11. The summed E-state index contributed by atoms with van der Waals surface area (Å²) in [5.41, 5.74) is 1.20. The van der Waals surface area contributed by atoms with Crippen molar-refractivity contribution < 1.29 is 9.18 Å². The van der Waals surface area contributed by atoms with Gasteiger partial charge in [0.2, 0.25) is 0 Å². The molecule has 0 saturated carbocycles. The summed E-state index contributed by atoms with van der Waals surface area (Å²) in [5.74, 6) is -0.526.